The SMILES string of the molecule is O=C(O[C@@H]1CCN(C(=O)OCc2ccccc2)CC[C@@H]1F)c1ccc([N+](=O)[O-])cc1. The molecule has 1 heterocycles. The Morgan fingerprint density at radius 2 is 1.73 bits per heavy atom. The van der Waals surface area contributed by atoms with Gasteiger partial charge in [0.15, 0.2) is 0 Å². The van der Waals surface area contributed by atoms with Crippen LogP contribution in [0.3, 0.4) is 0 Å². The van der Waals surface area contributed by atoms with Crippen LogP contribution in [-0.4, -0.2) is 47.3 Å². The number of halogens is 1. The highest BCUT2D eigenvalue weighted by molar-refractivity contribution is 5.89. The van der Waals surface area contributed by atoms with Crippen molar-refractivity contribution < 1.29 is 28.4 Å². The highest BCUT2D eigenvalue weighted by atomic mass is 19.1. The van der Waals surface area contributed by atoms with Crippen molar-refractivity contribution in [3.63, 3.8) is 0 Å². The molecule has 1 fully saturated rings. The number of nitro benzene ring substituents is 1. The van der Waals surface area contributed by atoms with Gasteiger partial charge in [-0.25, -0.2) is 14.0 Å². The Kier molecular flexibility index (Phi) is 6.95. The van der Waals surface area contributed by atoms with Crippen LogP contribution in [0.5, 0.6) is 0 Å². The standard InChI is InChI=1S/C21H21FN2O6/c22-18-10-12-23(21(26)29-14-15-4-2-1-3-5-15)13-11-19(18)30-20(25)16-6-8-17(9-7-16)24(27)28/h1-9,18-19H,10-14H2/t18-,19+/m0/s1. The van der Waals surface area contributed by atoms with Crippen LogP contribution in [0.4, 0.5) is 14.9 Å². The van der Waals surface area contributed by atoms with Crippen LogP contribution in [0.2, 0.25) is 0 Å². The average molecular weight is 416 g/mol. The molecule has 2 aromatic rings. The lowest BCUT2D eigenvalue weighted by Crippen LogP contribution is -2.33. The lowest BCUT2D eigenvalue weighted by Gasteiger charge is -2.20. The summed E-state index contributed by atoms with van der Waals surface area (Å²) in [4.78, 5) is 36.1. The molecule has 0 unspecified atom stereocenters. The summed E-state index contributed by atoms with van der Waals surface area (Å²) in [6.07, 6.45) is -2.86. The Morgan fingerprint density at radius 1 is 1.07 bits per heavy atom. The van der Waals surface area contributed by atoms with Gasteiger partial charge in [0.1, 0.15) is 18.9 Å². The minimum absolute atomic E-state index is 0.0125. The molecule has 0 saturated carbocycles. The Hall–Kier alpha value is -3.49. The zero-order valence-electron chi connectivity index (χ0n) is 16.1. The molecule has 0 aromatic heterocycles. The molecule has 8 nitrogen and oxygen atoms in total. The van der Waals surface area contributed by atoms with Gasteiger partial charge in [-0.15, -0.1) is 0 Å². The fraction of sp³-hybridized carbons (Fsp3) is 0.333. The third-order valence-electron chi connectivity index (χ3n) is 4.80. The number of ether oxygens (including phenoxy) is 2. The number of nitrogens with zero attached hydrogens (tertiary/aromatic N) is 2. The highest BCUT2D eigenvalue weighted by Gasteiger charge is 2.31. The molecule has 3 rings (SSSR count). The van der Waals surface area contributed by atoms with Gasteiger partial charge in [-0.1, -0.05) is 30.3 Å². The maximum absolute atomic E-state index is 14.5. The number of rotatable bonds is 5. The molecular weight excluding hydrogens is 395 g/mol. The predicted molar refractivity (Wildman–Crippen MR) is 105 cm³/mol. The van der Waals surface area contributed by atoms with Crippen molar-refractivity contribution in [3.8, 4) is 0 Å². The number of amides is 1. The molecule has 158 valence electrons. The van der Waals surface area contributed by atoms with Gasteiger partial charge in [0, 0.05) is 31.6 Å². The Bertz CT molecular complexity index is 890. The Morgan fingerprint density at radius 3 is 2.40 bits per heavy atom. The third kappa shape index (κ3) is 5.53. The summed E-state index contributed by atoms with van der Waals surface area (Å²) in [7, 11) is 0. The molecule has 1 aliphatic rings. The summed E-state index contributed by atoms with van der Waals surface area (Å²) >= 11 is 0. The lowest BCUT2D eigenvalue weighted by molar-refractivity contribution is -0.384. The van der Waals surface area contributed by atoms with Crippen LogP contribution in [0, 0.1) is 10.1 Å². The molecule has 0 N–H and O–H groups in total. The molecule has 0 aliphatic carbocycles. The molecule has 2 atom stereocenters. The monoisotopic (exact) mass is 416 g/mol. The summed E-state index contributed by atoms with van der Waals surface area (Å²) in [5.74, 6) is -0.766. The van der Waals surface area contributed by atoms with Crippen molar-refractivity contribution in [1.29, 1.82) is 0 Å². The average Bonchev–Trinajstić information content (AvgIpc) is 2.94. The minimum Gasteiger partial charge on any atom is -0.456 e. The van der Waals surface area contributed by atoms with Crippen LogP contribution >= 0.6 is 0 Å². The van der Waals surface area contributed by atoms with Gasteiger partial charge in [0.25, 0.3) is 5.69 Å². The van der Waals surface area contributed by atoms with E-state index in [1.54, 1.807) is 0 Å². The molecular formula is C21H21FN2O6. The second-order valence-electron chi connectivity index (χ2n) is 6.87. The van der Waals surface area contributed by atoms with Crippen LogP contribution < -0.4 is 0 Å². The first-order chi connectivity index (χ1) is 14.4. The van der Waals surface area contributed by atoms with Gasteiger partial charge in [-0.2, -0.15) is 0 Å². The lowest BCUT2D eigenvalue weighted by atomic mass is 10.1. The number of carbonyl (C=O) groups excluding carboxylic acids is 2. The quantitative estimate of drug-likeness (QED) is 0.417. The van der Waals surface area contributed by atoms with E-state index in [0.717, 1.165) is 5.56 Å². The zero-order chi connectivity index (χ0) is 21.5. The first-order valence-electron chi connectivity index (χ1n) is 9.49. The van der Waals surface area contributed by atoms with E-state index in [4.69, 9.17) is 9.47 Å². The number of non-ortho nitro benzene ring substituents is 1. The van der Waals surface area contributed by atoms with E-state index >= 15 is 0 Å². The highest BCUT2D eigenvalue weighted by Crippen LogP contribution is 2.21. The maximum Gasteiger partial charge on any atom is 0.410 e. The van der Waals surface area contributed by atoms with E-state index in [9.17, 15) is 24.1 Å². The molecule has 1 amide bonds. The fourth-order valence-electron chi connectivity index (χ4n) is 3.09. The van der Waals surface area contributed by atoms with Gasteiger partial charge in [-0.05, 0) is 24.1 Å². The van der Waals surface area contributed by atoms with Crippen LogP contribution in [-0.2, 0) is 16.1 Å². The molecule has 9 heteroatoms. The topological polar surface area (TPSA) is 99.0 Å². The molecule has 0 radical (unpaired) electrons. The molecule has 1 aliphatic heterocycles. The third-order valence-corrected chi connectivity index (χ3v) is 4.80. The number of likely N-dealkylation sites (tertiary alicyclic amines) is 1. The summed E-state index contributed by atoms with van der Waals surface area (Å²) in [5.41, 5.74) is 0.782. The van der Waals surface area contributed by atoms with E-state index in [-0.39, 0.29) is 43.8 Å². The number of hydrogen-bond donors (Lipinski definition) is 0. The predicted octanol–water partition coefficient (Wildman–Crippen LogP) is 3.89. The number of benzene rings is 2. The van der Waals surface area contributed by atoms with Crippen molar-refractivity contribution in [2.45, 2.75) is 31.7 Å². The van der Waals surface area contributed by atoms with Crippen molar-refractivity contribution >= 4 is 17.7 Å². The van der Waals surface area contributed by atoms with E-state index in [2.05, 4.69) is 0 Å². The van der Waals surface area contributed by atoms with Crippen molar-refractivity contribution in [3.05, 3.63) is 75.8 Å². The zero-order valence-corrected chi connectivity index (χ0v) is 16.1. The van der Waals surface area contributed by atoms with Gasteiger partial charge in [-0.3, -0.25) is 10.1 Å². The number of nitro groups is 1. The largest absolute Gasteiger partial charge is 0.456 e. The summed E-state index contributed by atoms with van der Waals surface area (Å²) in [6.45, 7) is 0.459. The van der Waals surface area contributed by atoms with Gasteiger partial charge in [0.05, 0.1) is 10.5 Å². The number of hydrogen-bond acceptors (Lipinski definition) is 6. The molecule has 0 bridgehead atoms. The molecule has 1 saturated heterocycles. The molecule has 0 spiro atoms. The van der Waals surface area contributed by atoms with Gasteiger partial charge < -0.3 is 14.4 Å². The number of esters is 1. The minimum atomic E-state index is -1.43. The second-order valence-corrected chi connectivity index (χ2v) is 6.87. The van der Waals surface area contributed by atoms with Crippen molar-refractivity contribution in [1.82, 2.24) is 4.90 Å². The first kappa shape index (κ1) is 21.2. The van der Waals surface area contributed by atoms with Gasteiger partial charge in [0.2, 0.25) is 0 Å². The summed E-state index contributed by atoms with van der Waals surface area (Å²) in [5, 5.41) is 10.7. The number of carbonyl (C=O) groups is 2. The van der Waals surface area contributed by atoms with Crippen molar-refractivity contribution in [2.75, 3.05) is 13.1 Å². The van der Waals surface area contributed by atoms with E-state index in [0.29, 0.717) is 0 Å². The van der Waals surface area contributed by atoms with Crippen molar-refractivity contribution in [2.24, 2.45) is 0 Å². The van der Waals surface area contributed by atoms with Crippen LogP contribution in [0.15, 0.2) is 54.6 Å². The van der Waals surface area contributed by atoms with E-state index in [1.165, 1.54) is 29.2 Å². The molecule has 30 heavy (non-hydrogen) atoms. The molecule has 2 aromatic carbocycles. The Balaban J connectivity index is 1.53. The maximum atomic E-state index is 14.5. The Labute approximate surface area is 172 Å². The first-order valence-corrected chi connectivity index (χ1v) is 9.49. The van der Waals surface area contributed by atoms with Gasteiger partial charge >= 0.3 is 12.1 Å². The smallest absolute Gasteiger partial charge is 0.410 e. The van der Waals surface area contributed by atoms with Crippen LogP contribution in [0.1, 0.15) is 28.8 Å². The summed E-state index contributed by atoms with van der Waals surface area (Å²) < 4.78 is 25.0. The normalized spacial score (nSPS) is 18.9. The fourth-order valence-corrected chi connectivity index (χ4v) is 3.09. The summed E-state index contributed by atoms with van der Waals surface area (Å²) in [6, 6.07) is 14.1. The van der Waals surface area contributed by atoms with E-state index < -0.39 is 29.3 Å². The van der Waals surface area contributed by atoms with E-state index in [1.807, 2.05) is 30.3 Å². The van der Waals surface area contributed by atoms with Crippen LogP contribution in [0.25, 0.3) is 0 Å². The number of alkyl halides is 1. The second kappa shape index (κ2) is 9.82.